The highest BCUT2D eigenvalue weighted by atomic mass is 127. The number of rotatable bonds is 16. The fraction of sp³-hybridized carbons (Fsp3) is 0.862. The first-order valence-corrected chi connectivity index (χ1v) is 20.9. The zero-order valence-electron chi connectivity index (χ0n) is 25.4. The number of alkyl halides is 1. The Morgan fingerprint density at radius 1 is 1.08 bits per heavy atom. The van der Waals surface area contributed by atoms with Crippen LogP contribution in [-0.2, 0) is 23.1 Å². The average molecular weight is 667 g/mol. The summed E-state index contributed by atoms with van der Waals surface area (Å²) in [6.07, 6.45) is 9.50. The topological polar surface area (TPSA) is 49.5 Å². The molecule has 2 aliphatic rings. The first-order chi connectivity index (χ1) is 17.1. The van der Waals surface area contributed by atoms with Gasteiger partial charge in [-0.2, -0.15) is 0 Å². The lowest BCUT2D eigenvalue weighted by atomic mass is 10.00. The molecule has 0 aromatic rings. The summed E-state index contributed by atoms with van der Waals surface area (Å²) in [7, 11) is -4.23. The number of hydrogen-bond acceptors (Lipinski definition) is 5. The summed E-state index contributed by atoms with van der Waals surface area (Å²) in [5, 5.41) is 0.158. The van der Waals surface area contributed by atoms with Crippen LogP contribution in [0.15, 0.2) is 23.9 Å². The zero-order chi connectivity index (χ0) is 28.1. The summed E-state index contributed by atoms with van der Waals surface area (Å²) in [5.41, 5.74) is 3.32. The van der Waals surface area contributed by atoms with Crippen molar-refractivity contribution < 1.29 is 23.1 Å². The molecule has 0 spiro atoms. The first kappa shape index (κ1) is 33.6. The maximum Gasteiger partial charge on any atom is 0.222 e. The van der Waals surface area contributed by atoms with Gasteiger partial charge in [0, 0.05) is 19.4 Å². The average Bonchev–Trinajstić information content (AvgIpc) is 3.44. The largest absolute Gasteiger partial charge is 0.410 e. The number of ether oxygens (including phenoxy) is 3. The molecule has 1 fully saturated rings. The minimum absolute atomic E-state index is 0.0212. The summed E-state index contributed by atoms with van der Waals surface area (Å²) in [6.45, 7) is 26.7. The summed E-state index contributed by atoms with van der Waals surface area (Å²) in [5.74, 6) is 0. The molecule has 0 saturated carbocycles. The monoisotopic (exact) mass is 666 g/mol. The van der Waals surface area contributed by atoms with Gasteiger partial charge in [-0.25, -0.2) is 0 Å². The molecular formula is C29H55IO5Si2. The van der Waals surface area contributed by atoms with Crippen molar-refractivity contribution in [2.45, 2.75) is 141 Å². The fourth-order valence-electron chi connectivity index (χ4n) is 4.85. The Hall–Kier alpha value is 0.444. The maximum atomic E-state index is 7.11. The standard InChI is InChI=1S/C29H55IO5Si2/c1-12-29(21-32-29)19-26(34-36(10,11)28(7,8)9)16-17-37(22(3)4,23(5)6)35-25-15-14-24(18-25)33-27(20-30)31-13-2/h14-17,22-27H,12-13,18-21H2,1-11H3/b17-16+/t24-,25+,26?,27?,29?/m1/s1. The molecule has 0 aromatic heterocycles. The molecule has 5 nitrogen and oxygen atoms in total. The molecule has 0 aromatic carbocycles. The van der Waals surface area contributed by atoms with Crippen molar-refractivity contribution in [2.75, 3.05) is 17.6 Å². The highest BCUT2D eigenvalue weighted by molar-refractivity contribution is 14.1. The fourth-order valence-corrected chi connectivity index (χ4v) is 10.5. The summed E-state index contributed by atoms with van der Waals surface area (Å²) in [6, 6.07) is 0. The summed E-state index contributed by atoms with van der Waals surface area (Å²) in [4.78, 5) is 0. The van der Waals surface area contributed by atoms with Gasteiger partial charge in [0.2, 0.25) is 8.32 Å². The van der Waals surface area contributed by atoms with E-state index in [-0.39, 0.29) is 35.2 Å². The van der Waals surface area contributed by atoms with E-state index in [0.717, 1.165) is 30.3 Å². The first-order valence-electron chi connectivity index (χ1n) is 14.3. The van der Waals surface area contributed by atoms with Gasteiger partial charge in [0.1, 0.15) is 0 Å². The third kappa shape index (κ3) is 9.23. The molecule has 0 amide bonds. The van der Waals surface area contributed by atoms with Crippen LogP contribution in [0.5, 0.6) is 0 Å². The predicted octanol–water partition coefficient (Wildman–Crippen LogP) is 8.33. The molecule has 37 heavy (non-hydrogen) atoms. The van der Waals surface area contributed by atoms with E-state index < -0.39 is 16.6 Å². The van der Waals surface area contributed by atoms with Crippen LogP contribution in [0.1, 0.15) is 81.6 Å². The van der Waals surface area contributed by atoms with E-state index >= 15 is 0 Å². The lowest BCUT2D eigenvalue weighted by molar-refractivity contribution is -0.142. The molecule has 0 N–H and O–H groups in total. The van der Waals surface area contributed by atoms with Gasteiger partial charge in [-0.05, 0) is 42.6 Å². The smallest absolute Gasteiger partial charge is 0.222 e. The maximum absolute atomic E-state index is 7.11. The second-order valence-corrected chi connectivity index (χ2v) is 23.2. The number of hydrogen-bond donors (Lipinski definition) is 0. The van der Waals surface area contributed by atoms with E-state index in [0.29, 0.717) is 17.7 Å². The van der Waals surface area contributed by atoms with Gasteiger partial charge in [0.15, 0.2) is 14.6 Å². The van der Waals surface area contributed by atoms with Crippen LogP contribution in [0.2, 0.25) is 29.2 Å². The Kier molecular flexibility index (Phi) is 12.6. The molecule has 216 valence electrons. The zero-order valence-corrected chi connectivity index (χ0v) is 29.6. The number of halogens is 1. The van der Waals surface area contributed by atoms with Gasteiger partial charge in [-0.3, -0.25) is 0 Å². The van der Waals surface area contributed by atoms with E-state index in [1.54, 1.807) is 0 Å². The van der Waals surface area contributed by atoms with Crippen molar-refractivity contribution in [2.24, 2.45) is 0 Å². The quantitative estimate of drug-likeness (QED) is 0.0414. The van der Waals surface area contributed by atoms with Crippen molar-refractivity contribution >= 4 is 39.2 Å². The van der Waals surface area contributed by atoms with Crippen molar-refractivity contribution in [3.05, 3.63) is 23.9 Å². The SMILES string of the molecule is CCOC(CI)O[C@@H]1C=C[C@H](O[Si](/C=C/C(CC2(CC)CO2)O[Si](C)(C)C(C)(C)C)(C(C)C)C(C)C)C1. The third-order valence-electron chi connectivity index (χ3n) is 8.56. The van der Waals surface area contributed by atoms with E-state index in [1.807, 2.05) is 6.92 Å². The summed E-state index contributed by atoms with van der Waals surface area (Å²) >= 11 is 2.33. The Bertz CT molecular complexity index is 750. The Labute approximate surface area is 243 Å². The lowest BCUT2D eigenvalue weighted by Crippen LogP contribution is -2.47. The highest BCUT2D eigenvalue weighted by Gasteiger charge is 2.48. The van der Waals surface area contributed by atoms with Crippen molar-refractivity contribution in [1.82, 2.24) is 0 Å². The van der Waals surface area contributed by atoms with Gasteiger partial charge in [-0.15, -0.1) is 0 Å². The normalized spacial score (nSPS) is 26.5. The number of epoxide rings is 1. The minimum Gasteiger partial charge on any atom is -0.410 e. The molecule has 1 aliphatic carbocycles. The van der Waals surface area contributed by atoms with Crippen LogP contribution < -0.4 is 0 Å². The van der Waals surface area contributed by atoms with Gasteiger partial charge >= 0.3 is 0 Å². The Morgan fingerprint density at radius 3 is 2.14 bits per heavy atom. The van der Waals surface area contributed by atoms with Gasteiger partial charge < -0.3 is 23.1 Å². The molecule has 1 aliphatic heterocycles. The van der Waals surface area contributed by atoms with Crippen LogP contribution >= 0.6 is 22.6 Å². The van der Waals surface area contributed by atoms with Crippen LogP contribution in [0.25, 0.3) is 0 Å². The van der Waals surface area contributed by atoms with Gasteiger partial charge in [0.05, 0.1) is 34.9 Å². The molecule has 1 heterocycles. The molecular weight excluding hydrogens is 611 g/mol. The Morgan fingerprint density at radius 2 is 1.68 bits per heavy atom. The molecule has 0 bridgehead atoms. The van der Waals surface area contributed by atoms with E-state index in [4.69, 9.17) is 23.1 Å². The van der Waals surface area contributed by atoms with Gasteiger partial charge in [0.25, 0.3) is 0 Å². The third-order valence-corrected chi connectivity index (χ3v) is 18.8. The Balaban J connectivity index is 2.25. The predicted molar refractivity (Wildman–Crippen MR) is 169 cm³/mol. The van der Waals surface area contributed by atoms with Crippen molar-refractivity contribution in [3.63, 3.8) is 0 Å². The molecule has 2 rings (SSSR count). The summed E-state index contributed by atoms with van der Waals surface area (Å²) < 4.78 is 32.8. The van der Waals surface area contributed by atoms with Crippen LogP contribution in [0.3, 0.4) is 0 Å². The molecule has 3 unspecified atom stereocenters. The lowest BCUT2D eigenvalue weighted by Gasteiger charge is -2.41. The van der Waals surface area contributed by atoms with Crippen molar-refractivity contribution in [1.29, 1.82) is 0 Å². The van der Waals surface area contributed by atoms with E-state index in [1.165, 1.54) is 0 Å². The molecule has 1 saturated heterocycles. The molecule has 8 heteroatoms. The minimum atomic E-state index is -2.28. The van der Waals surface area contributed by atoms with Crippen molar-refractivity contribution in [3.8, 4) is 0 Å². The van der Waals surface area contributed by atoms with Gasteiger partial charge in [-0.1, -0.05) is 102 Å². The van der Waals surface area contributed by atoms with E-state index in [9.17, 15) is 0 Å². The van der Waals surface area contributed by atoms with Crippen LogP contribution in [0, 0.1) is 0 Å². The van der Waals surface area contributed by atoms with E-state index in [2.05, 4.69) is 115 Å². The second-order valence-electron chi connectivity index (χ2n) is 13.0. The highest BCUT2D eigenvalue weighted by Crippen LogP contribution is 2.43. The molecule has 5 atom stereocenters. The molecule has 0 radical (unpaired) electrons. The second kappa shape index (κ2) is 13.9. The van der Waals surface area contributed by atoms with Crippen LogP contribution in [0.4, 0.5) is 0 Å². The van der Waals surface area contributed by atoms with Crippen LogP contribution in [-0.4, -0.2) is 64.5 Å².